The molecular formula is C24H30N4O2S. The van der Waals surface area contributed by atoms with Gasteiger partial charge >= 0.3 is 0 Å². The van der Waals surface area contributed by atoms with E-state index in [4.69, 9.17) is 0 Å². The lowest BCUT2D eigenvalue weighted by atomic mass is 9.93. The fraction of sp³-hybridized carbons (Fsp3) is 0.417. The van der Waals surface area contributed by atoms with Crippen LogP contribution in [0.3, 0.4) is 0 Å². The number of carbonyl (C=O) groups is 1. The van der Waals surface area contributed by atoms with Crippen LogP contribution in [-0.2, 0) is 11.3 Å². The molecule has 3 aromatic rings. The van der Waals surface area contributed by atoms with Gasteiger partial charge in [-0.1, -0.05) is 36.4 Å². The predicted molar refractivity (Wildman–Crippen MR) is 123 cm³/mol. The summed E-state index contributed by atoms with van der Waals surface area (Å²) in [4.78, 5) is 16.3. The molecular weight excluding hydrogens is 408 g/mol. The second-order valence-corrected chi connectivity index (χ2v) is 8.97. The summed E-state index contributed by atoms with van der Waals surface area (Å²) in [6.07, 6.45) is 4.43. The van der Waals surface area contributed by atoms with Crippen molar-refractivity contribution >= 4 is 17.2 Å². The highest BCUT2D eigenvalue weighted by molar-refractivity contribution is 7.10. The Bertz CT molecular complexity index is 934. The van der Waals surface area contributed by atoms with Crippen molar-refractivity contribution in [1.82, 2.24) is 20.0 Å². The molecule has 1 unspecified atom stereocenters. The third-order valence-electron chi connectivity index (χ3n) is 5.99. The van der Waals surface area contributed by atoms with Gasteiger partial charge in [0.2, 0.25) is 5.91 Å². The lowest BCUT2D eigenvalue weighted by Gasteiger charge is -2.32. The van der Waals surface area contributed by atoms with Crippen molar-refractivity contribution in [3.8, 4) is 0 Å². The number of piperidine rings is 1. The Kier molecular flexibility index (Phi) is 7.51. The monoisotopic (exact) mass is 438 g/mol. The number of hydrogen-bond acceptors (Lipinski definition) is 5. The van der Waals surface area contributed by atoms with Gasteiger partial charge in [-0.05, 0) is 49.0 Å². The predicted octanol–water partition coefficient (Wildman–Crippen LogP) is 3.41. The number of thiophene rings is 1. The molecule has 1 saturated heterocycles. The first-order chi connectivity index (χ1) is 15.2. The molecule has 1 aromatic carbocycles. The van der Waals surface area contributed by atoms with Gasteiger partial charge in [0.1, 0.15) is 0 Å². The number of aromatic nitrogens is 2. The van der Waals surface area contributed by atoms with E-state index in [0.29, 0.717) is 18.9 Å². The topological polar surface area (TPSA) is 70.4 Å². The van der Waals surface area contributed by atoms with E-state index in [1.807, 2.05) is 40.5 Å². The SMILES string of the molecule is O=C(CCN1CCC(c2ccnn2CCO)CC1)NC(c1ccccc1)c1cccs1. The number of amides is 1. The highest BCUT2D eigenvalue weighted by Gasteiger charge is 2.24. The number of benzene rings is 1. The molecule has 0 bridgehead atoms. The molecule has 31 heavy (non-hydrogen) atoms. The van der Waals surface area contributed by atoms with Crippen LogP contribution in [0, 0.1) is 0 Å². The number of aliphatic hydroxyl groups is 1. The number of nitrogens with zero attached hydrogens (tertiary/aromatic N) is 3. The van der Waals surface area contributed by atoms with Crippen LogP contribution in [0.1, 0.15) is 47.4 Å². The molecule has 7 heteroatoms. The molecule has 2 aromatic heterocycles. The van der Waals surface area contributed by atoms with Crippen LogP contribution in [0.5, 0.6) is 0 Å². The Hall–Kier alpha value is -2.48. The van der Waals surface area contributed by atoms with Gasteiger partial charge in [-0.25, -0.2) is 0 Å². The maximum Gasteiger partial charge on any atom is 0.222 e. The van der Waals surface area contributed by atoms with Gasteiger partial charge in [0, 0.05) is 35.7 Å². The van der Waals surface area contributed by atoms with Crippen molar-refractivity contribution in [2.24, 2.45) is 0 Å². The van der Waals surface area contributed by atoms with Crippen molar-refractivity contribution in [1.29, 1.82) is 0 Å². The van der Waals surface area contributed by atoms with Crippen LogP contribution in [0.4, 0.5) is 0 Å². The molecule has 1 fully saturated rings. The number of hydrogen-bond donors (Lipinski definition) is 2. The van der Waals surface area contributed by atoms with Crippen LogP contribution >= 0.6 is 11.3 Å². The van der Waals surface area contributed by atoms with Crippen molar-refractivity contribution in [2.75, 3.05) is 26.2 Å². The Morgan fingerprint density at radius 1 is 1.13 bits per heavy atom. The van der Waals surface area contributed by atoms with Gasteiger partial charge in [0.15, 0.2) is 0 Å². The van der Waals surface area contributed by atoms with Crippen LogP contribution < -0.4 is 5.32 Å². The minimum absolute atomic E-state index is 0.0883. The Morgan fingerprint density at radius 3 is 2.65 bits per heavy atom. The zero-order valence-corrected chi connectivity index (χ0v) is 18.5. The number of rotatable bonds is 9. The molecule has 0 radical (unpaired) electrons. The van der Waals surface area contributed by atoms with E-state index in [0.717, 1.165) is 42.9 Å². The molecule has 0 spiro atoms. The summed E-state index contributed by atoms with van der Waals surface area (Å²) in [6, 6.07) is 16.2. The largest absolute Gasteiger partial charge is 0.394 e. The van der Waals surface area contributed by atoms with Gasteiger partial charge in [-0.2, -0.15) is 5.10 Å². The average molecular weight is 439 g/mol. The Balaban J connectivity index is 1.28. The Morgan fingerprint density at radius 2 is 1.94 bits per heavy atom. The quantitative estimate of drug-likeness (QED) is 0.537. The number of carbonyl (C=O) groups excluding carboxylic acids is 1. The number of nitrogens with one attached hydrogen (secondary N) is 1. The first kappa shape index (κ1) is 21.7. The highest BCUT2D eigenvalue weighted by atomic mass is 32.1. The molecule has 2 N–H and O–H groups in total. The van der Waals surface area contributed by atoms with Crippen molar-refractivity contribution in [3.63, 3.8) is 0 Å². The lowest BCUT2D eigenvalue weighted by molar-refractivity contribution is -0.122. The maximum atomic E-state index is 12.8. The minimum atomic E-state index is -0.0914. The normalized spacial score (nSPS) is 16.3. The lowest BCUT2D eigenvalue weighted by Crippen LogP contribution is -2.37. The molecule has 164 valence electrons. The molecule has 1 atom stereocenters. The third kappa shape index (κ3) is 5.61. The summed E-state index contributed by atoms with van der Waals surface area (Å²) in [6.45, 7) is 3.40. The number of likely N-dealkylation sites (tertiary alicyclic amines) is 1. The molecule has 0 aliphatic carbocycles. The Labute approximate surface area is 187 Å². The zero-order valence-electron chi connectivity index (χ0n) is 17.7. The first-order valence-corrected chi connectivity index (χ1v) is 11.8. The van der Waals surface area contributed by atoms with E-state index in [1.54, 1.807) is 11.3 Å². The summed E-state index contributed by atoms with van der Waals surface area (Å²) < 4.78 is 1.92. The highest BCUT2D eigenvalue weighted by Crippen LogP contribution is 2.28. The summed E-state index contributed by atoms with van der Waals surface area (Å²) in [5.41, 5.74) is 2.33. The molecule has 3 heterocycles. The van der Waals surface area contributed by atoms with Crippen molar-refractivity contribution in [2.45, 2.75) is 37.8 Å². The third-order valence-corrected chi connectivity index (χ3v) is 6.93. The average Bonchev–Trinajstić information content (AvgIpc) is 3.50. The molecule has 1 amide bonds. The summed E-state index contributed by atoms with van der Waals surface area (Å²) in [5, 5.41) is 18.8. The fourth-order valence-electron chi connectivity index (χ4n) is 4.34. The van der Waals surface area contributed by atoms with Gasteiger partial charge in [-0.15, -0.1) is 11.3 Å². The minimum Gasteiger partial charge on any atom is -0.394 e. The smallest absolute Gasteiger partial charge is 0.222 e. The zero-order chi connectivity index (χ0) is 21.5. The van der Waals surface area contributed by atoms with Crippen LogP contribution in [-0.4, -0.2) is 51.9 Å². The second-order valence-electron chi connectivity index (χ2n) is 8.00. The summed E-state index contributed by atoms with van der Waals surface area (Å²) in [5.74, 6) is 0.561. The van der Waals surface area contributed by atoms with Crippen molar-refractivity contribution < 1.29 is 9.90 Å². The van der Waals surface area contributed by atoms with E-state index in [9.17, 15) is 9.90 Å². The van der Waals surface area contributed by atoms with Crippen LogP contribution in [0.2, 0.25) is 0 Å². The molecule has 4 rings (SSSR count). The molecule has 6 nitrogen and oxygen atoms in total. The van der Waals surface area contributed by atoms with Crippen LogP contribution in [0.15, 0.2) is 60.1 Å². The standard InChI is InChI=1S/C24H30N4O2S/c29-17-16-28-21(8-12-25-28)19-9-13-27(14-10-19)15-11-23(30)26-24(22-7-4-18-31-22)20-5-2-1-3-6-20/h1-8,12,18-19,24,29H,9-11,13-17H2,(H,26,30). The van der Waals surface area contributed by atoms with Crippen LogP contribution in [0.25, 0.3) is 0 Å². The van der Waals surface area contributed by atoms with Gasteiger partial charge < -0.3 is 15.3 Å². The van der Waals surface area contributed by atoms with E-state index >= 15 is 0 Å². The fourth-order valence-corrected chi connectivity index (χ4v) is 5.14. The summed E-state index contributed by atoms with van der Waals surface area (Å²) in [7, 11) is 0. The first-order valence-electron chi connectivity index (χ1n) is 11.0. The molecule has 1 aliphatic heterocycles. The van der Waals surface area contributed by atoms with E-state index in [-0.39, 0.29) is 18.6 Å². The number of aliphatic hydroxyl groups excluding tert-OH is 1. The van der Waals surface area contributed by atoms with E-state index in [1.165, 1.54) is 5.69 Å². The maximum absolute atomic E-state index is 12.8. The van der Waals surface area contributed by atoms with Gasteiger partial charge in [-0.3, -0.25) is 9.48 Å². The van der Waals surface area contributed by atoms with E-state index < -0.39 is 0 Å². The molecule has 0 saturated carbocycles. The summed E-state index contributed by atoms with van der Waals surface area (Å²) >= 11 is 1.67. The van der Waals surface area contributed by atoms with E-state index in [2.05, 4.69) is 39.6 Å². The molecule has 1 aliphatic rings. The van der Waals surface area contributed by atoms with Gasteiger partial charge in [0.25, 0.3) is 0 Å². The van der Waals surface area contributed by atoms with Crippen molar-refractivity contribution in [3.05, 3.63) is 76.2 Å². The second kappa shape index (κ2) is 10.7. The van der Waals surface area contributed by atoms with Gasteiger partial charge in [0.05, 0.1) is 19.2 Å².